The first-order chi connectivity index (χ1) is 20.5. The number of H-pyrrole nitrogens is 1. The van der Waals surface area contributed by atoms with Gasteiger partial charge in [-0.3, -0.25) is 14.5 Å². The summed E-state index contributed by atoms with van der Waals surface area (Å²) in [6.07, 6.45) is 15.8. The summed E-state index contributed by atoms with van der Waals surface area (Å²) in [6.45, 7) is 6.41. The second-order valence-electron chi connectivity index (χ2n) is 12.8. The van der Waals surface area contributed by atoms with E-state index >= 15 is 0 Å². The summed E-state index contributed by atoms with van der Waals surface area (Å²) in [5.41, 5.74) is 2.76. The van der Waals surface area contributed by atoms with Crippen molar-refractivity contribution in [2.45, 2.75) is 96.7 Å². The van der Waals surface area contributed by atoms with Gasteiger partial charge in [-0.15, -0.1) is 0 Å². The Morgan fingerprint density at radius 1 is 1.07 bits per heavy atom. The number of aromatic amines is 1. The molecule has 2 atom stereocenters. The first-order valence-electron chi connectivity index (χ1n) is 15.8. The monoisotopic (exact) mass is 571 g/mol. The van der Waals surface area contributed by atoms with Crippen molar-refractivity contribution in [1.29, 1.82) is 0 Å². The highest BCUT2D eigenvalue weighted by Gasteiger charge is 2.33. The van der Waals surface area contributed by atoms with Crippen LogP contribution < -0.4 is 16.0 Å². The van der Waals surface area contributed by atoms with Crippen molar-refractivity contribution in [2.24, 2.45) is 17.8 Å². The maximum absolute atomic E-state index is 11.8. The van der Waals surface area contributed by atoms with Gasteiger partial charge in [-0.25, -0.2) is 14.8 Å². The Morgan fingerprint density at radius 3 is 2.64 bits per heavy atom. The highest BCUT2D eigenvalue weighted by Crippen LogP contribution is 2.40. The van der Waals surface area contributed by atoms with Gasteiger partial charge in [-0.05, 0) is 81.3 Å². The summed E-state index contributed by atoms with van der Waals surface area (Å²) in [7, 11) is 0. The fourth-order valence-electron chi connectivity index (χ4n) is 7.08. The Balaban J connectivity index is 1.38. The molecule has 0 bridgehead atoms. The molecule has 7 rings (SSSR count). The molecule has 2 N–H and O–H groups in total. The zero-order chi connectivity index (χ0) is 28.6. The van der Waals surface area contributed by atoms with E-state index in [4.69, 9.17) is 19.5 Å². The maximum atomic E-state index is 11.8. The fraction of sp³-hybridized carbons (Fsp3) is 0.613. The standard InChI is InChI=1S/C31H41N9O2/c1-19-11-13-21(14-12-19)18-40-25-26(33-20(2)22-7-5-8-22)34-28(29-37-31(41)42-38-29)35-27(25)36-30(40)39-16-4-3-10-24(39)23-9-6-15-32-17-23/h6,9,15,17,19-22,24H,3-5,7-8,10-14,16,18H2,1-2H3,(H,33,34,35)(H,37,38,41)/t19-,20-,21-,24?/m1/s1. The van der Waals surface area contributed by atoms with Crippen LogP contribution in [0.2, 0.25) is 0 Å². The van der Waals surface area contributed by atoms with Crippen molar-refractivity contribution in [1.82, 2.24) is 34.6 Å². The first kappa shape index (κ1) is 27.1. The Bertz CT molecular complexity index is 1570. The van der Waals surface area contributed by atoms with Gasteiger partial charge in [0.05, 0.1) is 6.04 Å². The molecule has 11 heteroatoms. The van der Waals surface area contributed by atoms with Gasteiger partial charge in [0.1, 0.15) is 5.52 Å². The van der Waals surface area contributed by atoms with E-state index in [0.717, 1.165) is 49.1 Å². The second-order valence-corrected chi connectivity index (χ2v) is 12.8. The number of nitrogens with zero attached hydrogens (tertiary/aromatic N) is 7. The summed E-state index contributed by atoms with van der Waals surface area (Å²) in [5, 5.41) is 7.66. The molecule has 0 spiro atoms. The minimum atomic E-state index is -0.628. The van der Waals surface area contributed by atoms with E-state index in [1.54, 1.807) is 0 Å². The van der Waals surface area contributed by atoms with Gasteiger partial charge in [0.25, 0.3) is 0 Å². The van der Waals surface area contributed by atoms with Crippen molar-refractivity contribution >= 4 is 22.9 Å². The number of anilines is 2. The molecule has 4 aromatic rings. The number of hydrogen-bond acceptors (Lipinski definition) is 9. The van der Waals surface area contributed by atoms with Gasteiger partial charge in [0.2, 0.25) is 17.6 Å². The van der Waals surface area contributed by atoms with Crippen LogP contribution in [0.4, 0.5) is 11.8 Å². The Hall–Kier alpha value is -3.76. The normalized spacial score (nSPS) is 24.0. The van der Waals surface area contributed by atoms with Gasteiger partial charge in [-0.1, -0.05) is 37.4 Å². The number of aromatic nitrogens is 7. The molecule has 0 radical (unpaired) electrons. The van der Waals surface area contributed by atoms with Crippen LogP contribution in [0.3, 0.4) is 0 Å². The topological polar surface area (TPSA) is 131 Å². The summed E-state index contributed by atoms with van der Waals surface area (Å²) >= 11 is 0. The molecule has 42 heavy (non-hydrogen) atoms. The molecule has 11 nitrogen and oxygen atoms in total. The molecule has 1 saturated heterocycles. The number of imidazole rings is 1. The predicted octanol–water partition coefficient (Wildman–Crippen LogP) is 5.72. The van der Waals surface area contributed by atoms with Gasteiger partial charge >= 0.3 is 5.76 Å². The number of rotatable bonds is 8. The molecule has 1 unspecified atom stereocenters. The second kappa shape index (κ2) is 11.5. The third-order valence-corrected chi connectivity index (χ3v) is 9.86. The van der Waals surface area contributed by atoms with Crippen molar-refractivity contribution in [3.8, 4) is 11.6 Å². The number of pyridine rings is 1. The van der Waals surface area contributed by atoms with Crippen LogP contribution in [-0.2, 0) is 6.54 Å². The molecule has 1 aliphatic heterocycles. The van der Waals surface area contributed by atoms with Gasteiger partial charge in [0, 0.05) is 31.5 Å². The van der Waals surface area contributed by atoms with Gasteiger partial charge < -0.3 is 14.8 Å². The van der Waals surface area contributed by atoms with E-state index in [1.807, 2.05) is 18.5 Å². The maximum Gasteiger partial charge on any atom is 0.439 e. The van der Waals surface area contributed by atoms with E-state index in [2.05, 4.69) is 49.8 Å². The molecule has 3 fully saturated rings. The summed E-state index contributed by atoms with van der Waals surface area (Å²) in [5.74, 6) is 3.55. The SMILES string of the molecule is C[C@@H](Nc1nc(-c2noc(=O)[nH]2)nc2nc(N3CCCCC3c3cccnc3)n(C[C@H]3CC[C@H](C)CC3)c12)C1CCC1. The fourth-order valence-corrected chi connectivity index (χ4v) is 7.08. The quantitative estimate of drug-likeness (QED) is 0.272. The molecule has 0 aromatic carbocycles. The van der Waals surface area contributed by atoms with E-state index < -0.39 is 5.76 Å². The Kier molecular flexibility index (Phi) is 7.41. The van der Waals surface area contributed by atoms with Crippen molar-refractivity contribution < 1.29 is 4.52 Å². The number of piperidine rings is 1. The molecule has 3 aliphatic rings. The van der Waals surface area contributed by atoms with Crippen LogP contribution in [-0.4, -0.2) is 47.2 Å². The lowest BCUT2D eigenvalue weighted by molar-refractivity contribution is 0.266. The molecule has 2 aliphatic carbocycles. The minimum Gasteiger partial charge on any atom is -0.365 e. The average Bonchev–Trinajstić information content (AvgIpc) is 3.57. The zero-order valence-electron chi connectivity index (χ0n) is 24.6. The van der Waals surface area contributed by atoms with Gasteiger partial charge in [-0.2, -0.15) is 4.98 Å². The summed E-state index contributed by atoms with van der Waals surface area (Å²) in [4.78, 5) is 36.4. The van der Waals surface area contributed by atoms with E-state index in [0.29, 0.717) is 23.3 Å². The van der Waals surface area contributed by atoms with Crippen LogP contribution in [0, 0.1) is 17.8 Å². The lowest BCUT2D eigenvalue weighted by Crippen LogP contribution is -2.36. The Morgan fingerprint density at radius 2 is 1.93 bits per heavy atom. The molecule has 222 valence electrons. The van der Waals surface area contributed by atoms with Crippen LogP contribution in [0.1, 0.15) is 89.7 Å². The van der Waals surface area contributed by atoms with E-state index in [-0.39, 0.29) is 17.9 Å². The highest BCUT2D eigenvalue weighted by atomic mass is 16.5. The lowest BCUT2D eigenvalue weighted by atomic mass is 9.80. The lowest BCUT2D eigenvalue weighted by Gasteiger charge is -2.37. The molecule has 4 aromatic heterocycles. The third kappa shape index (κ3) is 5.29. The number of hydrogen-bond donors (Lipinski definition) is 2. The van der Waals surface area contributed by atoms with Crippen LogP contribution in [0.15, 0.2) is 33.8 Å². The zero-order valence-corrected chi connectivity index (χ0v) is 24.6. The molecule has 2 saturated carbocycles. The highest BCUT2D eigenvalue weighted by molar-refractivity contribution is 5.87. The van der Waals surface area contributed by atoms with Crippen molar-refractivity contribution in [3.63, 3.8) is 0 Å². The number of nitrogens with one attached hydrogen (secondary N) is 2. The average molecular weight is 572 g/mol. The molecular formula is C31H41N9O2. The molecule has 5 heterocycles. The van der Waals surface area contributed by atoms with Crippen molar-refractivity contribution in [2.75, 3.05) is 16.8 Å². The first-order valence-corrected chi connectivity index (χ1v) is 15.8. The van der Waals surface area contributed by atoms with E-state index in [1.165, 1.54) is 56.9 Å². The minimum absolute atomic E-state index is 0.194. The summed E-state index contributed by atoms with van der Waals surface area (Å²) < 4.78 is 7.21. The van der Waals surface area contributed by atoms with Gasteiger partial charge in [0.15, 0.2) is 11.5 Å². The Labute approximate surface area is 245 Å². The van der Waals surface area contributed by atoms with Crippen LogP contribution in [0.25, 0.3) is 22.8 Å². The third-order valence-electron chi connectivity index (χ3n) is 9.86. The summed E-state index contributed by atoms with van der Waals surface area (Å²) in [6, 6.07) is 4.65. The number of fused-ring (bicyclic) bond motifs is 1. The molecular weight excluding hydrogens is 530 g/mol. The van der Waals surface area contributed by atoms with Crippen molar-refractivity contribution in [3.05, 3.63) is 40.6 Å². The van der Waals surface area contributed by atoms with Crippen LogP contribution >= 0.6 is 0 Å². The predicted molar refractivity (Wildman–Crippen MR) is 161 cm³/mol. The molecule has 0 amide bonds. The van der Waals surface area contributed by atoms with Crippen LogP contribution in [0.5, 0.6) is 0 Å². The smallest absolute Gasteiger partial charge is 0.365 e. The largest absolute Gasteiger partial charge is 0.439 e. The van der Waals surface area contributed by atoms with E-state index in [9.17, 15) is 4.79 Å².